The van der Waals surface area contributed by atoms with Crippen LogP contribution in [0.4, 0.5) is 11.4 Å². The first-order valence-electron chi connectivity index (χ1n) is 8.89. The largest absolute Gasteiger partial charge is 0.506 e. The highest BCUT2D eigenvalue weighted by molar-refractivity contribution is 6.35. The highest BCUT2D eigenvalue weighted by Gasteiger charge is 2.38. The predicted octanol–water partition coefficient (Wildman–Crippen LogP) is 3.64. The number of nitro benzene ring substituents is 1. The van der Waals surface area contributed by atoms with Crippen molar-refractivity contribution in [3.63, 3.8) is 0 Å². The minimum atomic E-state index is -0.662. The van der Waals surface area contributed by atoms with Gasteiger partial charge in [0.2, 0.25) is 0 Å². The number of hydrogen-bond acceptors (Lipinski definition) is 6. The Balaban J connectivity index is 1.73. The number of ketones is 1. The van der Waals surface area contributed by atoms with E-state index in [0.717, 1.165) is 16.5 Å². The number of amides is 2. The minimum absolute atomic E-state index is 0.0252. The van der Waals surface area contributed by atoms with Crippen LogP contribution in [-0.2, 0) is 0 Å². The lowest BCUT2D eigenvalue weighted by Crippen LogP contribution is -2.29. The smallest absolute Gasteiger partial charge is 0.270 e. The number of nitro groups is 1. The van der Waals surface area contributed by atoms with Gasteiger partial charge in [0.25, 0.3) is 17.5 Å². The number of imide groups is 1. The summed E-state index contributed by atoms with van der Waals surface area (Å²) in [4.78, 5) is 49.7. The molecule has 148 valence electrons. The van der Waals surface area contributed by atoms with Crippen LogP contribution in [0.5, 0.6) is 5.75 Å². The van der Waals surface area contributed by atoms with Crippen molar-refractivity contribution in [2.45, 2.75) is 6.92 Å². The van der Waals surface area contributed by atoms with E-state index in [0.29, 0.717) is 0 Å². The van der Waals surface area contributed by atoms with Gasteiger partial charge in [0, 0.05) is 23.3 Å². The average Bonchev–Trinajstić information content (AvgIpc) is 2.99. The number of nitrogens with zero attached hydrogens (tertiary/aromatic N) is 2. The molecule has 1 aliphatic heterocycles. The minimum Gasteiger partial charge on any atom is -0.506 e. The summed E-state index contributed by atoms with van der Waals surface area (Å²) in [5.74, 6) is -2.00. The predicted molar refractivity (Wildman–Crippen MR) is 107 cm³/mol. The Morgan fingerprint density at radius 1 is 0.933 bits per heavy atom. The van der Waals surface area contributed by atoms with Crippen molar-refractivity contribution in [3.8, 4) is 5.75 Å². The third-order valence-electron chi connectivity index (χ3n) is 4.84. The maximum absolute atomic E-state index is 12.9. The number of non-ortho nitro benzene ring substituents is 1. The fourth-order valence-corrected chi connectivity index (χ4v) is 3.34. The summed E-state index contributed by atoms with van der Waals surface area (Å²) in [6, 6.07) is 13.9. The van der Waals surface area contributed by atoms with E-state index in [2.05, 4.69) is 0 Å². The molecule has 0 bridgehead atoms. The number of carbonyl (C=O) groups is 3. The molecule has 0 saturated carbocycles. The number of rotatable bonds is 4. The van der Waals surface area contributed by atoms with Gasteiger partial charge in [-0.25, -0.2) is 4.90 Å². The molecule has 0 spiro atoms. The molecule has 0 aromatic heterocycles. The molecular formula is C22H14N2O6. The van der Waals surface area contributed by atoms with E-state index in [-0.39, 0.29) is 39.4 Å². The third-order valence-corrected chi connectivity index (χ3v) is 4.84. The normalized spacial score (nSPS) is 12.8. The van der Waals surface area contributed by atoms with Gasteiger partial charge in [-0.1, -0.05) is 24.3 Å². The summed E-state index contributed by atoms with van der Waals surface area (Å²) >= 11 is 0. The van der Waals surface area contributed by atoms with E-state index < -0.39 is 22.5 Å². The second-order valence-electron chi connectivity index (χ2n) is 6.83. The molecule has 1 aliphatic rings. The Hall–Kier alpha value is -4.33. The van der Waals surface area contributed by atoms with Crippen molar-refractivity contribution in [2.24, 2.45) is 0 Å². The quantitative estimate of drug-likeness (QED) is 0.308. The number of phenols is 1. The number of aromatic hydroxyl groups is 1. The molecule has 0 atom stereocenters. The lowest BCUT2D eigenvalue weighted by Gasteiger charge is -2.15. The zero-order chi connectivity index (χ0) is 21.6. The third kappa shape index (κ3) is 3.00. The van der Waals surface area contributed by atoms with Crippen molar-refractivity contribution in [1.82, 2.24) is 0 Å². The van der Waals surface area contributed by atoms with Crippen LogP contribution in [0.15, 0.2) is 60.7 Å². The lowest BCUT2D eigenvalue weighted by atomic mass is 9.99. The molecule has 8 heteroatoms. The maximum atomic E-state index is 12.9. The molecule has 4 rings (SSSR count). The van der Waals surface area contributed by atoms with E-state index in [1.807, 2.05) is 0 Å². The highest BCUT2D eigenvalue weighted by atomic mass is 16.6. The van der Waals surface area contributed by atoms with Gasteiger partial charge in [0.05, 0.1) is 21.7 Å². The van der Waals surface area contributed by atoms with Crippen molar-refractivity contribution in [3.05, 3.63) is 98.6 Å². The molecule has 0 saturated heterocycles. The zero-order valence-electron chi connectivity index (χ0n) is 15.7. The van der Waals surface area contributed by atoms with E-state index >= 15 is 0 Å². The van der Waals surface area contributed by atoms with E-state index in [1.165, 1.54) is 48.5 Å². The first-order valence-corrected chi connectivity index (χ1v) is 8.89. The molecule has 2 amide bonds. The molecule has 8 nitrogen and oxygen atoms in total. The second kappa shape index (κ2) is 6.93. The summed E-state index contributed by atoms with van der Waals surface area (Å²) < 4.78 is 0. The van der Waals surface area contributed by atoms with Gasteiger partial charge in [-0.05, 0) is 36.8 Å². The monoisotopic (exact) mass is 402 g/mol. The Kier molecular flexibility index (Phi) is 4.39. The van der Waals surface area contributed by atoms with Crippen molar-refractivity contribution >= 4 is 29.0 Å². The average molecular weight is 402 g/mol. The van der Waals surface area contributed by atoms with Crippen LogP contribution in [0, 0.1) is 17.0 Å². The van der Waals surface area contributed by atoms with Crippen molar-refractivity contribution < 1.29 is 24.4 Å². The zero-order valence-corrected chi connectivity index (χ0v) is 15.7. The Morgan fingerprint density at radius 3 is 2.37 bits per heavy atom. The number of hydrogen-bond donors (Lipinski definition) is 1. The van der Waals surface area contributed by atoms with Crippen LogP contribution in [0.25, 0.3) is 0 Å². The first-order chi connectivity index (χ1) is 14.3. The standard InChI is InChI=1S/C22H14N2O6/c1-12-5-8-19(25)18(9-12)23-21(27)16-7-6-14(11-17(16)22(23)28)20(26)13-3-2-4-15(10-13)24(29)30/h2-11,25H,1H3. The molecule has 0 radical (unpaired) electrons. The molecular weight excluding hydrogens is 388 g/mol. The summed E-state index contributed by atoms with van der Waals surface area (Å²) in [6.45, 7) is 1.76. The SMILES string of the molecule is Cc1ccc(O)c(N2C(=O)c3ccc(C(=O)c4cccc([N+](=O)[O-])c4)cc3C2=O)c1. The van der Waals surface area contributed by atoms with Gasteiger partial charge in [-0.2, -0.15) is 0 Å². The van der Waals surface area contributed by atoms with E-state index in [9.17, 15) is 29.6 Å². The van der Waals surface area contributed by atoms with E-state index in [4.69, 9.17) is 0 Å². The van der Waals surface area contributed by atoms with Crippen LogP contribution in [0.2, 0.25) is 0 Å². The van der Waals surface area contributed by atoms with Crippen molar-refractivity contribution in [2.75, 3.05) is 4.90 Å². The summed E-state index contributed by atoms with van der Waals surface area (Å²) in [5, 5.41) is 21.1. The van der Waals surface area contributed by atoms with Gasteiger partial charge < -0.3 is 5.11 Å². The van der Waals surface area contributed by atoms with Crippen LogP contribution in [0.3, 0.4) is 0 Å². The van der Waals surface area contributed by atoms with Gasteiger partial charge in [-0.15, -0.1) is 0 Å². The van der Waals surface area contributed by atoms with Crippen LogP contribution in [0.1, 0.15) is 42.2 Å². The number of anilines is 1. The fraction of sp³-hybridized carbons (Fsp3) is 0.0455. The number of fused-ring (bicyclic) bond motifs is 1. The van der Waals surface area contributed by atoms with Gasteiger partial charge in [-0.3, -0.25) is 24.5 Å². The van der Waals surface area contributed by atoms with Crippen LogP contribution >= 0.6 is 0 Å². The molecule has 0 aliphatic carbocycles. The number of benzene rings is 3. The van der Waals surface area contributed by atoms with Gasteiger partial charge >= 0.3 is 0 Å². The Bertz CT molecular complexity index is 1260. The first kappa shape index (κ1) is 19.0. The number of carbonyl (C=O) groups excluding carboxylic acids is 3. The number of phenolic OH excluding ortho intramolecular Hbond substituents is 1. The number of aryl methyl sites for hydroxylation is 1. The Morgan fingerprint density at radius 2 is 1.63 bits per heavy atom. The molecule has 1 heterocycles. The molecule has 3 aromatic rings. The summed E-state index contributed by atoms with van der Waals surface area (Å²) in [6.07, 6.45) is 0. The van der Waals surface area contributed by atoms with Crippen LogP contribution < -0.4 is 4.90 Å². The molecule has 0 fully saturated rings. The molecule has 1 N–H and O–H groups in total. The maximum Gasteiger partial charge on any atom is 0.270 e. The molecule has 30 heavy (non-hydrogen) atoms. The summed E-state index contributed by atoms with van der Waals surface area (Å²) in [7, 11) is 0. The van der Waals surface area contributed by atoms with Crippen LogP contribution in [-0.4, -0.2) is 27.6 Å². The molecule has 0 unspecified atom stereocenters. The fourth-order valence-electron chi connectivity index (χ4n) is 3.34. The lowest BCUT2D eigenvalue weighted by molar-refractivity contribution is -0.384. The summed E-state index contributed by atoms with van der Waals surface area (Å²) in [5.41, 5.74) is 0.927. The van der Waals surface area contributed by atoms with Gasteiger partial charge in [0.15, 0.2) is 5.78 Å². The molecule has 3 aromatic carbocycles. The van der Waals surface area contributed by atoms with Crippen molar-refractivity contribution in [1.29, 1.82) is 0 Å². The Labute approximate surface area is 170 Å². The van der Waals surface area contributed by atoms with E-state index in [1.54, 1.807) is 13.0 Å². The highest BCUT2D eigenvalue weighted by Crippen LogP contribution is 2.35. The topological polar surface area (TPSA) is 118 Å². The van der Waals surface area contributed by atoms with Gasteiger partial charge in [0.1, 0.15) is 5.75 Å². The second-order valence-corrected chi connectivity index (χ2v) is 6.83.